The molecular formula is C24H22N4O2S. The number of carbonyl (C=O) groups excluding carboxylic acids is 2. The van der Waals surface area contributed by atoms with Crippen LogP contribution in [0.25, 0.3) is 21.2 Å². The van der Waals surface area contributed by atoms with Crippen LogP contribution in [0.3, 0.4) is 0 Å². The van der Waals surface area contributed by atoms with Crippen molar-refractivity contribution in [3.8, 4) is 10.4 Å². The number of fused-ring (bicyclic) bond motifs is 1. The van der Waals surface area contributed by atoms with E-state index >= 15 is 0 Å². The molecule has 0 radical (unpaired) electrons. The minimum Gasteiger partial charge on any atom is -0.366 e. The minimum absolute atomic E-state index is 0.250. The molecule has 0 spiro atoms. The van der Waals surface area contributed by atoms with Crippen molar-refractivity contribution in [2.75, 3.05) is 5.32 Å². The second-order valence-electron chi connectivity index (χ2n) is 7.15. The Labute approximate surface area is 183 Å². The largest absolute Gasteiger partial charge is 0.366 e. The molecule has 0 aliphatic rings. The predicted molar refractivity (Wildman–Crippen MR) is 126 cm³/mol. The van der Waals surface area contributed by atoms with Gasteiger partial charge in [-0.25, -0.2) is 4.79 Å². The normalized spacial score (nSPS) is 10.8. The highest BCUT2D eigenvalue weighted by atomic mass is 32.1. The van der Waals surface area contributed by atoms with Crippen LogP contribution in [-0.2, 0) is 13.1 Å². The zero-order valence-corrected chi connectivity index (χ0v) is 17.5. The van der Waals surface area contributed by atoms with E-state index in [0.717, 1.165) is 29.1 Å². The van der Waals surface area contributed by atoms with Crippen LogP contribution in [-0.4, -0.2) is 11.9 Å². The van der Waals surface area contributed by atoms with Gasteiger partial charge in [-0.15, -0.1) is 11.3 Å². The van der Waals surface area contributed by atoms with E-state index in [9.17, 15) is 9.59 Å². The summed E-state index contributed by atoms with van der Waals surface area (Å²) in [6.07, 6.45) is 0. The molecule has 6 N–H and O–H groups in total. The lowest BCUT2D eigenvalue weighted by Gasteiger charge is -2.09. The lowest BCUT2D eigenvalue weighted by molar-refractivity contribution is 0.100. The molecule has 0 aliphatic carbocycles. The Morgan fingerprint density at radius 3 is 2.35 bits per heavy atom. The summed E-state index contributed by atoms with van der Waals surface area (Å²) in [5, 5.41) is 8.81. The van der Waals surface area contributed by atoms with Gasteiger partial charge >= 0.3 is 6.03 Å². The molecule has 1 aromatic heterocycles. The van der Waals surface area contributed by atoms with Crippen molar-refractivity contribution in [3.63, 3.8) is 0 Å². The van der Waals surface area contributed by atoms with Crippen molar-refractivity contribution in [2.45, 2.75) is 13.1 Å². The number of hydrogen-bond acceptors (Lipinski definition) is 4. The number of primary amides is 2. The van der Waals surface area contributed by atoms with E-state index < -0.39 is 11.9 Å². The van der Waals surface area contributed by atoms with E-state index in [1.807, 2.05) is 30.3 Å². The third kappa shape index (κ3) is 4.74. The fourth-order valence-corrected chi connectivity index (χ4v) is 4.57. The van der Waals surface area contributed by atoms with E-state index in [1.54, 1.807) is 6.07 Å². The van der Waals surface area contributed by atoms with Crippen LogP contribution in [0.1, 0.15) is 21.5 Å². The van der Waals surface area contributed by atoms with Crippen LogP contribution in [0, 0.1) is 0 Å². The third-order valence-corrected chi connectivity index (χ3v) is 6.10. The van der Waals surface area contributed by atoms with Crippen LogP contribution in [0.15, 0.2) is 72.8 Å². The van der Waals surface area contributed by atoms with Gasteiger partial charge in [-0.2, -0.15) is 0 Å². The maximum Gasteiger partial charge on any atom is 0.317 e. The van der Waals surface area contributed by atoms with Crippen molar-refractivity contribution in [2.24, 2.45) is 11.5 Å². The second-order valence-corrected chi connectivity index (χ2v) is 8.20. The first-order valence-electron chi connectivity index (χ1n) is 9.78. The number of rotatable bonds is 7. The van der Waals surface area contributed by atoms with Crippen LogP contribution in [0.2, 0.25) is 0 Å². The standard InChI is InChI=1S/C24H22N4O2S/c25-22(29)20-12-21(31-23(20)28-24(26)30)17-10-8-15(9-11-17)13-27-14-18-6-3-5-16-4-1-2-7-19(16)18/h1-12,27H,13-14H2,(H2,25,29)(H3,26,28,30). The lowest BCUT2D eigenvalue weighted by atomic mass is 10.0. The molecule has 0 saturated heterocycles. The van der Waals surface area contributed by atoms with Crippen molar-refractivity contribution in [1.29, 1.82) is 0 Å². The molecule has 31 heavy (non-hydrogen) atoms. The number of hydrogen-bond donors (Lipinski definition) is 4. The number of anilines is 1. The van der Waals surface area contributed by atoms with E-state index in [4.69, 9.17) is 11.5 Å². The lowest BCUT2D eigenvalue weighted by Crippen LogP contribution is -2.21. The summed E-state index contributed by atoms with van der Waals surface area (Å²) in [7, 11) is 0. The molecule has 1 heterocycles. The van der Waals surface area contributed by atoms with Crippen molar-refractivity contribution >= 4 is 39.0 Å². The molecule has 4 rings (SSSR count). The molecule has 7 heteroatoms. The summed E-state index contributed by atoms with van der Waals surface area (Å²) in [6.45, 7) is 1.51. The summed E-state index contributed by atoms with van der Waals surface area (Å²) >= 11 is 1.26. The van der Waals surface area contributed by atoms with Crippen molar-refractivity contribution in [3.05, 3.63) is 89.5 Å². The number of amides is 3. The molecular weight excluding hydrogens is 408 g/mol. The molecule has 0 unspecified atom stereocenters. The first-order valence-corrected chi connectivity index (χ1v) is 10.6. The zero-order valence-electron chi connectivity index (χ0n) is 16.7. The number of carbonyl (C=O) groups is 2. The zero-order chi connectivity index (χ0) is 21.8. The van der Waals surface area contributed by atoms with E-state index in [2.05, 4.69) is 47.0 Å². The Balaban J connectivity index is 1.44. The average Bonchev–Trinajstić information content (AvgIpc) is 3.18. The molecule has 3 aromatic carbocycles. The average molecular weight is 431 g/mol. The molecule has 0 bridgehead atoms. The van der Waals surface area contributed by atoms with Gasteiger partial charge in [-0.05, 0) is 33.5 Å². The highest BCUT2D eigenvalue weighted by molar-refractivity contribution is 7.20. The predicted octanol–water partition coefficient (Wildman–Crippen LogP) is 4.45. The van der Waals surface area contributed by atoms with Gasteiger partial charge in [0, 0.05) is 18.0 Å². The van der Waals surface area contributed by atoms with Crippen LogP contribution >= 0.6 is 11.3 Å². The first kappa shape index (κ1) is 20.6. The fraction of sp³-hybridized carbons (Fsp3) is 0.0833. The molecule has 0 atom stereocenters. The summed E-state index contributed by atoms with van der Waals surface area (Å²) in [5.74, 6) is -0.611. The molecule has 0 aliphatic heterocycles. The molecule has 156 valence electrons. The monoisotopic (exact) mass is 430 g/mol. The van der Waals surface area contributed by atoms with Gasteiger partial charge in [0.2, 0.25) is 0 Å². The van der Waals surface area contributed by atoms with Crippen molar-refractivity contribution < 1.29 is 9.59 Å². The smallest absolute Gasteiger partial charge is 0.317 e. The van der Waals surface area contributed by atoms with Gasteiger partial charge in [-0.1, -0.05) is 66.7 Å². The van der Waals surface area contributed by atoms with Gasteiger partial charge in [0.05, 0.1) is 5.56 Å². The number of thiophene rings is 1. The molecule has 0 saturated carbocycles. The molecule has 0 fully saturated rings. The Morgan fingerprint density at radius 2 is 1.61 bits per heavy atom. The first-order chi connectivity index (χ1) is 15.0. The maximum absolute atomic E-state index is 11.6. The van der Waals surface area contributed by atoms with E-state index in [-0.39, 0.29) is 5.56 Å². The highest BCUT2D eigenvalue weighted by Gasteiger charge is 2.16. The highest BCUT2D eigenvalue weighted by Crippen LogP contribution is 2.35. The van der Waals surface area contributed by atoms with Gasteiger partial charge in [0.1, 0.15) is 5.00 Å². The topological polar surface area (TPSA) is 110 Å². The quantitative estimate of drug-likeness (QED) is 0.348. The Morgan fingerprint density at radius 1 is 0.871 bits per heavy atom. The van der Waals surface area contributed by atoms with Gasteiger partial charge in [-0.3, -0.25) is 10.1 Å². The Kier molecular flexibility index (Phi) is 5.97. The van der Waals surface area contributed by atoms with Gasteiger partial charge in [0.25, 0.3) is 5.91 Å². The van der Waals surface area contributed by atoms with Gasteiger partial charge < -0.3 is 16.8 Å². The van der Waals surface area contributed by atoms with Crippen LogP contribution in [0.5, 0.6) is 0 Å². The number of nitrogens with two attached hydrogens (primary N) is 2. The summed E-state index contributed by atoms with van der Waals surface area (Å²) < 4.78 is 0. The Bertz CT molecular complexity index is 1240. The van der Waals surface area contributed by atoms with Crippen molar-refractivity contribution in [1.82, 2.24) is 5.32 Å². The third-order valence-electron chi connectivity index (χ3n) is 5.00. The minimum atomic E-state index is -0.733. The summed E-state index contributed by atoms with van der Waals surface area (Å²) in [4.78, 5) is 23.6. The maximum atomic E-state index is 11.6. The SMILES string of the molecule is NC(=O)Nc1sc(-c2ccc(CNCc3cccc4ccccc34)cc2)cc1C(N)=O. The Hall–Kier alpha value is -3.68. The van der Waals surface area contributed by atoms with Gasteiger partial charge in [0.15, 0.2) is 0 Å². The number of nitrogens with one attached hydrogen (secondary N) is 2. The summed E-state index contributed by atoms with van der Waals surface area (Å²) in [6, 6.07) is 23.7. The molecule has 3 amide bonds. The second kappa shape index (κ2) is 8.99. The van der Waals surface area contributed by atoms with E-state index in [0.29, 0.717) is 5.00 Å². The summed E-state index contributed by atoms with van der Waals surface area (Å²) in [5.41, 5.74) is 14.2. The fourth-order valence-electron chi connectivity index (χ4n) is 3.50. The van der Waals surface area contributed by atoms with E-state index in [1.165, 1.54) is 27.7 Å². The van der Waals surface area contributed by atoms with Crippen LogP contribution in [0.4, 0.5) is 9.80 Å². The van der Waals surface area contributed by atoms with Crippen LogP contribution < -0.4 is 22.1 Å². The number of benzene rings is 3. The number of urea groups is 1. The molecule has 6 nitrogen and oxygen atoms in total. The molecule has 4 aromatic rings.